The molecule has 5 nitrogen and oxygen atoms in total. The average molecular weight is 465 g/mol. The summed E-state index contributed by atoms with van der Waals surface area (Å²) in [6.07, 6.45) is -3.68. The van der Waals surface area contributed by atoms with Crippen molar-refractivity contribution in [2.24, 2.45) is 0 Å². The van der Waals surface area contributed by atoms with Gasteiger partial charge in [-0.05, 0) is 35.4 Å². The van der Waals surface area contributed by atoms with E-state index in [1.165, 1.54) is 0 Å². The van der Waals surface area contributed by atoms with Crippen molar-refractivity contribution >= 4 is 45.7 Å². The van der Waals surface area contributed by atoms with E-state index in [2.05, 4.69) is 15.5 Å². The van der Waals surface area contributed by atoms with E-state index in [1.807, 2.05) is 49.4 Å². The van der Waals surface area contributed by atoms with Gasteiger partial charge in [-0.15, -0.1) is 10.2 Å². The monoisotopic (exact) mass is 464 g/mol. The first kappa shape index (κ1) is 21.5. The van der Waals surface area contributed by atoms with E-state index in [0.29, 0.717) is 0 Å². The first-order chi connectivity index (χ1) is 14.7. The number of amides is 1. The zero-order chi connectivity index (χ0) is 22.2. The highest BCUT2D eigenvalue weighted by atomic mass is 35.5. The molecule has 2 aromatic carbocycles. The van der Waals surface area contributed by atoms with Crippen molar-refractivity contribution in [3.05, 3.63) is 70.9 Å². The molecule has 0 radical (unpaired) electrons. The molecule has 2 aromatic heterocycles. The zero-order valence-corrected chi connectivity index (χ0v) is 17.7. The minimum absolute atomic E-state index is 0.0351. The third kappa shape index (κ3) is 4.62. The number of hydrogen-bond donors (Lipinski definition) is 1. The SMILES string of the molecule is CC(NC(=O)CSc1nnc2c(Cl)cc(C(F)(F)F)cn12)c1ccc2ccccc2c1. The Hall–Kier alpha value is -2.78. The van der Waals surface area contributed by atoms with E-state index in [4.69, 9.17) is 11.6 Å². The van der Waals surface area contributed by atoms with E-state index >= 15 is 0 Å². The van der Waals surface area contributed by atoms with Crippen molar-refractivity contribution in [2.45, 2.75) is 24.3 Å². The second-order valence-corrected chi connectivity index (χ2v) is 8.28. The Balaban J connectivity index is 1.45. The number of nitrogens with one attached hydrogen (secondary N) is 1. The van der Waals surface area contributed by atoms with Crippen LogP contribution in [0.3, 0.4) is 0 Å². The quantitative estimate of drug-likeness (QED) is 0.395. The molecular weight excluding hydrogens is 449 g/mol. The number of carbonyl (C=O) groups excluding carboxylic acids is 1. The van der Waals surface area contributed by atoms with Crippen molar-refractivity contribution < 1.29 is 18.0 Å². The number of nitrogens with zero attached hydrogens (tertiary/aromatic N) is 3. The van der Waals surface area contributed by atoms with Crippen LogP contribution in [0.15, 0.2) is 59.9 Å². The summed E-state index contributed by atoms with van der Waals surface area (Å²) >= 11 is 6.89. The van der Waals surface area contributed by atoms with Crippen LogP contribution >= 0.6 is 23.4 Å². The van der Waals surface area contributed by atoms with Crippen LogP contribution in [-0.4, -0.2) is 26.3 Å². The summed E-state index contributed by atoms with van der Waals surface area (Å²) < 4.78 is 40.3. The number of halogens is 4. The maximum atomic E-state index is 13.1. The number of benzene rings is 2. The van der Waals surface area contributed by atoms with Crippen molar-refractivity contribution in [1.29, 1.82) is 0 Å². The molecule has 0 spiro atoms. The highest BCUT2D eigenvalue weighted by molar-refractivity contribution is 7.99. The summed E-state index contributed by atoms with van der Waals surface area (Å²) in [5.41, 5.74) is 0.134. The normalized spacial score (nSPS) is 12.9. The number of alkyl halides is 3. The third-order valence-electron chi connectivity index (χ3n) is 4.74. The summed E-state index contributed by atoms with van der Waals surface area (Å²) in [7, 11) is 0. The molecule has 1 atom stereocenters. The highest BCUT2D eigenvalue weighted by Crippen LogP contribution is 2.33. The molecule has 31 heavy (non-hydrogen) atoms. The van der Waals surface area contributed by atoms with E-state index in [-0.39, 0.29) is 33.5 Å². The van der Waals surface area contributed by atoms with E-state index in [9.17, 15) is 18.0 Å². The molecule has 0 aliphatic rings. The van der Waals surface area contributed by atoms with Gasteiger partial charge in [0.15, 0.2) is 10.8 Å². The number of aromatic nitrogens is 3. The van der Waals surface area contributed by atoms with Crippen molar-refractivity contribution in [3.8, 4) is 0 Å². The summed E-state index contributed by atoms with van der Waals surface area (Å²) in [6.45, 7) is 1.87. The second-order valence-electron chi connectivity index (χ2n) is 6.94. The van der Waals surface area contributed by atoms with Crippen molar-refractivity contribution in [2.75, 3.05) is 5.75 Å². The number of hydrogen-bond acceptors (Lipinski definition) is 4. The average Bonchev–Trinajstić information content (AvgIpc) is 3.15. The van der Waals surface area contributed by atoms with Gasteiger partial charge in [-0.2, -0.15) is 13.2 Å². The molecule has 1 unspecified atom stereocenters. The molecule has 0 saturated heterocycles. The fourth-order valence-corrected chi connectivity index (χ4v) is 4.13. The van der Waals surface area contributed by atoms with E-state index in [1.54, 1.807) is 0 Å². The molecule has 2 heterocycles. The maximum Gasteiger partial charge on any atom is 0.417 e. The molecule has 10 heteroatoms. The maximum absolute atomic E-state index is 13.1. The number of fused-ring (bicyclic) bond motifs is 2. The third-order valence-corrected chi connectivity index (χ3v) is 5.96. The molecule has 1 N–H and O–H groups in total. The Morgan fingerprint density at radius 3 is 2.65 bits per heavy atom. The second kappa shape index (κ2) is 8.39. The van der Waals surface area contributed by atoms with Gasteiger partial charge in [0.05, 0.1) is 22.4 Å². The lowest BCUT2D eigenvalue weighted by Gasteiger charge is -2.15. The molecule has 0 bridgehead atoms. The van der Waals surface area contributed by atoms with Crippen LogP contribution in [0, 0.1) is 0 Å². The van der Waals surface area contributed by atoms with Crippen LogP contribution in [0.1, 0.15) is 24.1 Å². The first-order valence-electron chi connectivity index (χ1n) is 9.25. The fourth-order valence-electron chi connectivity index (χ4n) is 3.16. The first-order valence-corrected chi connectivity index (χ1v) is 10.6. The Kier molecular flexibility index (Phi) is 5.81. The minimum atomic E-state index is -4.56. The highest BCUT2D eigenvalue weighted by Gasteiger charge is 2.32. The van der Waals surface area contributed by atoms with Gasteiger partial charge < -0.3 is 5.32 Å². The van der Waals surface area contributed by atoms with Gasteiger partial charge in [-0.3, -0.25) is 9.20 Å². The van der Waals surface area contributed by atoms with Gasteiger partial charge in [0.25, 0.3) is 0 Å². The van der Waals surface area contributed by atoms with Crippen LogP contribution < -0.4 is 5.32 Å². The Morgan fingerprint density at radius 1 is 1.16 bits per heavy atom. The lowest BCUT2D eigenvalue weighted by atomic mass is 10.0. The Labute approximate surface area is 184 Å². The predicted molar refractivity (Wildman–Crippen MR) is 114 cm³/mol. The summed E-state index contributed by atoms with van der Waals surface area (Å²) in [6, 6.07) is 14.4. The molecule has 0 saturated carbocycles. The lowest BCUT2D eigenvalue weighted by Crippen LogP contribution is -2.28. The smallest absolute Gasteiger partial charge is 0.349 e. The zero-order valence-electron chi connectivity index (χ0n) is 16.2. The van der Waals surface area contributed by atoms with Crippen molar-refractivity contribution in [3.63, 3.8) is 0 Å². The van der Waals surface area contributed by atoms with Gasteiger partial charge in [-0.25, -0.2) is 0 Å². The van der Waals surface area contributed by atoms with Crippen LogP contribution in [0.4, 0.5) is 13.2 Å². The van der Waals surface area contributed by atoms with Crippen LogP contribution in [0.2, 0.25) is 5.02 Å². The lowest BCUT2D eigenvalue weighted by molar-refractivity contribution is -0.137. The molecule has 0 fully saturated rings. The molecule has 160 valence electrons. The van der Waals surface area contributed by atoms with Crippen LogP contribution in [0.5, 0.6) is 0 Å². The number of thioether (sulfide) groups is 1. The van der Waals surface area contributed by atoms with Gasteiger partial charge in [-0.1, -0.05) is 59.8 Å². The molecule has 4 aromatic rings. The van der Waals surface area contributed by atoms with E-state index in [0.717, 1.165) is 44.8 Å². The minimum Gasteiger partial charge on any atom is -0.349 e. The van der Waals surface area contributed by atoms with Crippen molar-refractivity contribution in [1.82, 2.24) is 19.9 Å². The number of pyridine rings is 1. The van der Waals surface area contributed by atoms with Gasteiger partial charge in [0, 0.05) is 6.20 Å². The molecule has 0 aliphatic heterocycles. The largest absolute Gasteiger partial charge is 0.417 e. The topological polar surface area (TPSA) is 59.3 Å². The molecular formula is C21H16ClF3N4OS. The van der Waals surface area contributed by atoms with Crippen LogP contribution in [-0.2, 0) is 11.0 Å². The standard InChI is InChI=1S/C21H16ClF3N4OS/c1-12(14-7-6-13-4-2-3-5-15(13)8-14)26-18(30)11-31-20-28-27-19-17(22)9-16(10-29(19)20)21(23,24)25/h2-10,12H,11H2,1H3,(H,26,30). The number of carbonyl (C=O) groups is 1. The fraction of sp³-hybridized carbons (Fsp3) is 0.190. The van der Waals surface area contributed by atoms with Crippen LogP contribution in [0.25, 0.3) is 16.4 Å². The van der Waals surface area contributed by atoms with Gasteiger partial charge in [0.2, 0.25) is 5.91 Å². The molecule has 4 rings (SSSR count). The summed E-state index contributed by atoms with van der Waals surface area (Å²) in [5, 5.41) is 12.7. The van der Waals surface area contributed by atoms with E-state index < -0.39 is 11.7 Å². The van der Waals surface area contributed by atoms with Gasteiger partial charge >= 0.3 is 6.18 Å². The summed E-state index contributed by atoms with van der Waals surface area (Å²) in [5.74, 6) is -0.312. The van der Waals surface area contributed by atoms with Gasteiger partial charge in [0.1, 0.15) is 0 Å². The molecule has 1 amide bonds. The Bertz CT molecular complexity index is 1270. The Morgan fingerprint density at radius 2 is 1.90 bits per heavy atom. The molecule has 0 aliphatic carbocycles. The number of rotatable bonds is 5. The summed E-state index contributed by atoms with van der Waals surface area (Å²) in [4.78, 5) is 12.4. The predicted octanol–water partition coefficient (Wildman–Crippen LogP) is 5.52.